The molecule has 6 heteroatoms. The van der Waals surface area contributed by atoms with Crippen LogP contribution in [0.3, 0.4) is 0 Å². The summed E-state index contributed by atoms with van der Waals surface area (Å²) in [5.74, 6) is 0.451. The number of anilines is 1. The molecule has 1 aromatic carbocycles. The Morgan fingerprint density at radius 2 is 2.11 bits per heavy atom. The number of hydrogen-bond donors (Lipinski definition) is 1. The molecule has 102 valence electrons. The number of nitrogens with one attached hydrogen (secondary N) is 1. The van der Waals surface area contributed by atoms with Gasteiger partial charge in [-0.05, 0) is 31.0 Å². The summed E-state index contributed by atoms with van der Waals surface area (Å²) in [6, 6.07) is 6.17. The van der Waals surface area contributed by atoms with Gasteiger partial charge in [-0.15, -0.1) is 0 Å². The minimum atomic E-state index is -2.87. The Morgan fingerprint density at radius 1 is 1.32 bits per heavy atom. The normalized spacial score (nSPS) is 28.0. The highest BCUT2D eigenvalue weighted by molar-refractivity contribution is 8.15. The fourth-order valence-corrected chi connectivity index (χ4v) is 6.07. The maximum atomic E-state index is 11.5. The van der Waals surface area contributed by atoms with Gasteiger partial charge in [0.25, 0.3) is 0 Å². The summed E-state index contributed by atoms with van der Waals surface area (Å²) in [5, 5.41) is 4.26. The van der Waals surface area contributed by atoms with Crippen molar-refractivity contribution in [2.24, 2.45) is 4.99 Å². The quantitative estimate of drug-likeness (QED) is 0.861. The van der Waals surface area contributed by atoms with Crippen molar-refractivity contribution in [3.05, 3.63) is 29.3 Å². The Labute approximate surface area is 117 Å². The van der Waals surface area contributed by atoms with E-state index >= 15 is 0 Å². The first kappa shape index (κ1) is 13.0. The average Bonchev–Trinajstić information content (AvgIpc) is 2.76. The fraction of sp³-hybridized carbons (Fsp3) is 0.462. The largest absolute Gasteiger partial charge is 0.335 e. The number of rotatable bonds is 1. The molecule has 2 aliphatic heterocycles. The summed E-state index contributed by atoms with van der Waals surface area (Å²) in [5.41, 5.74) is 3.41. The van der Waals surface area contributed by atoms with Gasteiger partial charge in [0.05, 0.1) is 17.5 Å². The monoisotopic (exact) mass is 296 g/mol. The molecule has 2 atom stereocenters. The van der Waals surface area contributed by atoms with Crippen molar-refractivity contribution in [1.82, 2.24) is 0 Å². The molecule has 3 rings (SSSR count). The SMILES string of the molecule is Cc1ccc(C)c(NC2=N[C@@H]3CS(=O)(=O)C[C@H]3S2)c1. The third-order valence-electron chi connectivity index (χ3n) is 3.45. The van der Waals surface area contributed by atoms with Crippen molar-refractivity contribution < 1.29 is 8.42 Å². The average molecular weight is 296 g/mol. The predicted octanol–water partition coefficient (Wildman–Crippen LogP) is 1.98. The lowest BCUT2D eigenvalue weighted by Gasteiger charge is -2.10. The molecular weight excluding hydrogens is 280 g/mol. The number of fused-ring (bicyclic) bond motifs is 1. The highest BCUT2D eigenvalue weighted by atomic mass is 32.2. The second-order valence-corrected chi connectivity index (χ2v) is 8.56. The molecule has 0 aliphatic carbocycles. The topological polar surface area (TPSA) is 58.5 Å². The molecule has 0 saturated carbocycles. The van der Waals surface area contributed by atoms with Crippen molar-refractivity contribution >= 4 is 32.5 Å². The van der Waals surface area contributed by atoms with Gasteiger partial charge in [-0.3, -0.25) is 4.99 Å². The zero-order valence-corrected chi connectivity index (χ0v) is 12.5. The van der Waals surface area contributed by atoms with E-state index in [1.165, 1.54) is 11.1 Å². The molecule has 2 aliphatic rings. The van der Waals surface area contributed by atoms with E-state index in [0.29, 0.717) is 0 Å². The van der Waals surface area contributed by atoms with E-state index in [4.69, 9.17) is 0 Å². The zero-order valence-electron chi connectivity index (χ0n) is 10.9. The lowest BCUT2D eigenvalue weighted by molar-refractivity contribution is 0.601. The van der Waals surface area contributed by atoms with Crippen LogP contribution in [0.2, 0.25) is 0 Å². The first-order chi connectivity index (χ1) is 8.93. The van der Waals surface area contributed by atoms with Crippen LogP contribution < -0.4 is 5.32 Å². The predicted molar refractivity (Wildman–Crippen MR) is 80.8 cm³/mol. The van der Waals surface area contributed by atoms with Crippen LogP contribution >= 0.6 is 11.8 Å². The first-order valence-corrected chi connectivity index (χ1v) is 8.92. The van der Waals surface area contributed by atoms with E-state index in [-0.39, 0.29) is 22.8 Å². The van der Waals surface area contributed by atoms with Crippen LogP contribution in [-0.2, 0) is 9.84 Å². The maximum absolute atomic E-state index is 11.5. The molecule has 0 bridgehead atoms. The second kappa shape index (κ2) is 4.52. The van der Waals surface area contributed by atoms with E-state index in [1.807, 2.05) is 6.92 Å². The van der Waals surface area contributed by atoms with E-state index in [0.717, 1.165) is 10.9 Å². The van der Waals surface area contributed by atoms with Gasteiger partial charge in [-0.1, -0.05) is 23.9 Å². The summed E-state index contributed by atoms with van der Waals surface area (Å²) in [7, 11) is -2.87. The molecule has 1 aromatic rings. The molecular formula is C13H16N2O2S2. The lowest BCUT2D eigenvalue weighted by Crippen LogP contribution is -2.13. The van der Waals surface area contributed by atoms with E-state index in [9.17, 15) is 8.42 Å². The molecule has 0 spiro atoms. The van der Waals surface area contributed by atoms with Crippen molar-refractivity contribution in [2.45, 2.75) is 25.1 Å². The van der Waals surface area contributed by atoms with Crippen LogP contribution in [0.15, 0.2) is 23.2 Å². The summed E-state index contributed by atoms with van der Waals surface area (Å²) in [6.07, 6.45) is 0. The third-order valence-corrected chi connectivity index (χ3v) is 6.59. The minimum Gasteiger partial charge on any atom is -0.335 e. The Kier molecular flexibility index (Phi) is 3.09. The number of thioether (sulfide) groups is 1. The number of nitrogens with zero attached hydrogens (tertiary/aromatic N) is 1. The van der Waals surface area contributed by atoms with E-state index in [1.54, 1.807) is 11.8 Å². The molecule has 1 N–H and O–H groups in total. The molecule has 0 aromatic heterocycles. The van der Waals surface area contributed by atoms with Gasteiger partial charge in [0.2, 0.25) is 0 Å². The number of benzene rings is 1. The van der Waals surface area contributed by atoms with Gasteiger partial charge in [-0.25, -0.2) is 8.42 Å². The Hall–Kier alpha value is -1.01. The van der Waals surface area contributed by atoms with Crippen LogP contribution in [0.25, 0.3) is 0 Å². The zero-order chi connectivity index (χ0) is 13.6. The van der Waals surface area contributed by atoms with Gasteiger partial charge < -0.3 is 5.32 Å². The highest BCUT2D eigenvalue weighted by Gasteiger charge is 2.42. The van der Waals surface area contributed by atoms with Crippen LogP contribution in [-0.4, -0.2) is 36.4 Å². The molecule has 1 fully saturated rings. The van der Waals surface area contributed by atoms with Crippen molar-refractivity contribution in [3.63, 3.8) is 0 Å². The van der Waals surface area contributed by atoms with Crippen molar-refractivity contribution in [3.8, 4) is 0 Å². The molecule has 0 amide bonds. The second-order valence-electron chi connectivity index (χ2n) is 5.18. The maximum Gasteiger partial charge on any atom is 0.161 e. The first-order valence-electron chi connectivity index (χ1n) is 6.22. The van der Waals surface area contributed by atoms with Crippen molar-refractivity contribution in [1.29, 1.82) is 0 Å². The third kappa shape index (κ3) is 2.65. The van der Waals surface area contributed by atoms with Gasteiger partial charge in [0.1, 0.15) is 0 Å². The van der Waals surface area contributed by atoms with E-state index < -0.39 is 9.84 Å². The lowest BCUT2D eigenvalue weighted by atomic mass is 10.1. The molecule has 19 heavy (non-hydrogen) atoms. The van der Waals surface area contributed by atoms with Gasteiger partial charge in [-0.2, -0.15) is 0 Å². The molecule has 0 radical (unpaired) electrons. The molecule has 0 unspecified atom stereocenters. The van der Waals surface area contributed by atoms with Gasteiger partial charge in [0.15, 0.2) is 15.0 Å². The van der Waals surface area contributed by atoms with E-state index in [2.05, 4.69) is 35.4 Å². The molecule has 4 nitrogen and oxygen atoms in total. The number of hydrogen-bond acceptors (Lipinski definition) is 5. The fourth-order valence-electron chi connectivity index (χ4n) is 2.40. The van der Waals surface area contributed by atoms with Crippen LogP contribution in [0.1, 0.15) is 11.1 Å². The molecule has 2 heterocycles. The number of amidine groups is 1. The summed E-state index contributed by atoms with van der Waals surface area (Å²) >= 11 is 1.55. The van der Waals surface area contributed by atoms with Gasteiger partial charge >= 0.3 is 0 Å². The van der Waals surface area contributed by atoms with Crippen LogP contribution in [0.4, 0.5) is 5.69 Å². The smallest absolute Gasteiger partial charge is 0.161 e. The Balaban J connectivity index is 1.78. The number of aliphatic imine (C=N–C) groups is 1. The highest BCUT2D eigenvalue weighted by Crippen LogP contribution is 2.34. The summed E-state index contributed by atoms with van der Waals surface area (Å²) < 4.78 is 23.0. The standard InChI is InChI=1S/C13H16N2O2S2/c1-8-3-4-9(2)10(5-8)14-13-15-11-6-19(16,17)7-12(11)18-13/h3-5,11-12H,6-7H2,1-2H3,(H,14,15)/t11-,12-/m1/s1. The van der Waals surface area contributed by atoms with Crippen LogP contribution in [0, 0.1) is 13.8 Å². The number of sulfone groups is 1. The minimum absolute atomic E-state index is 0.0670. The Bertz CT molecular complexity index is 653. The van der Waals surface area contributed by atoms with Gasteiger partial charge in [0, 0.05) is 10.9 Å². The van der Waals surface area contributed by atoms with Crippen LogP contribution in [0.5, 0.6) is 0 Å². The summed E-state index contributed by atoms with van der Waals surface area (Å²) in [4.78, 5) is 4.50. The molecule has 1 saturated heterocycles. The number of aryl methyl sites for hydroxylation is 2. The van der Waals surface area contributed by atoms with Crippen molar-refractivity contribution in [2.75, 3.05) is 16.8 Å². The Morgan fingerprint density at radius 3 is 2.84 bits per heavy atom. The summed E-state index contributed by atoms with van der Waals surface area (Å²) in [6.45, 7) is 4.10.